The zero-order valence-corrected chi connectivity index (χ0v) is 25.2. The molecule has 1 aliphatic carbocycles. The highest BCUT2D eigenvalue weighted by Crippen LogP contribution is 2.54. The molecule has 0 N–H and O–H groups in total. The molecule has 2 aromatic carbocycles. The Bertz CT molecular complexity index is 1360. The number of esters is 3. The first kappa shape index (κ1) is 33.2. The van der Waals surface area contributed by atoms with Crippen LogP contribution in [0, 0.1) is 16.7 Å². The fourth-order valence-electron chi connectivity index (χ4n) is 5.46. The van der Waals surface area contributed by atoms with Gasteiger partial charge in [-0.3, -0.25) is 14.4 Å². The van der Waals surface area contributed by atoms with Crippen LogP contribution in [-0.4, -0.2) is 49.3 Å². The Labute approximate surface area is 253 Å². The van der Waals surface area contributed by atoms with E-state index in [2.05, 4.69) is 13.2 Å². The number of hydrogen-bond acceptors (Lipinski definition) is 8. The number of ketones is 2. The van der Waals surface area contributed by atoms with Gasteiger partial charge in [-0.05, 0) is 29.9 Å². The van der Waals surface area contributed by atoms with Crippen LogP contribution in [0.5, 0.6) is 0 Å². The van der Waals surface area contributed by atoms with Crippen molar-refractivity contribution in [2.75, 3.05) is 19.8 Å². The van der Waals surface area contributed by atoms with E-state index in [0.29, 0.717) is 12.8 Å². The van der Waals surface area contributed by atoms with Gasteiger partial charge in [0.05, 0.1) is 25.7 Å². The summed E-state index contributed by atoms with van der Waals surface area (Å²) in [5.41, 5.74) is -1.30. The molecule has 2 atom stereocenters. The second-order valence-corrected chi connectivity index (χ2v) is 11.4. The van der Waals surface area contributed by atoms with Gasteiger partial charge < -0.3 is 14.2 Å². The second-order valence-electron chi connectivity index (χ2n) is 11.4. The van der Waals surface area contributed by atoms with Crippen LogP contribution in [0.3, 0.4) is 0 Å². The summed E-state index contributed by atoms with van der Waals surface area (Å²) < 4.78 is 16.1. The van der Waals surface area contributed by atoms with Crippen LogP contribution in [0.4, 0.5) is 0 Å². The maximum Gasteiger partial charge on any atom is 0.333 e. The van der Waals surface area contributed by atoms with Crippen molar-refractivity contribution in [3.8, 4) is 0 Å². The van der Waals surface area contributed by atoms with Crippen molar-refractivity contribution in [3.63, 3.8) is 0 Å². The van der Waals surface area contributed by atoms with Crippen LogP contribution < -0.4 is 0 Å². The molecule has 0 radical (unpaired) electrons. The minimum Gasteiger partial charge on any atom is -0.465 e. The normalized spacial score (nSPS) is 19.3. The largest absolute Gasteiger partial charge is 0.465 e. The van der Waals surface area contributed by atoms with Gasteiger partial charge in [-0.25, -0.2) is 9.59 Å². The quantitative estimate of drug-likeness (QED) is 0.128. The summed E-state index contributed by atoms with van der Waals surface area (Å²) in [4.78, 5) is 66.7. The van der Waals surface area contributed by atoms with Gasteiger partial charge >= 0.3 is 17.9 Å². The predicted octanol–water partition coefficient (Wildman–Crippen LogP) is 5.18. The third-order valence-electron chi connectivity index (χ3n) is 7.96. The molecule has 8 heteroatoms. The van der Waals surface area contributed by atoms with E-state index in [4.69, 9.17) is 14.2 Å². The van der Waals surface area contributed by atoms with Crippen LogP contribution >= 0.6 is 0 Å². The van der Waals surface area contributed by atoms with Gasteiger partial charge in [0.2, 0.25) is 0 Å². The Morgan fingerprint density at radius 2 is 1.28 bits per heavy atom. The van der Waals surface area contributed by atoms with Crippen molar-refractivity contribution < 1.29 is 38.2 Å². The van der Waals surface area contributed by atoms with Gasteiger partial charge in [-0.2, -0.15) is 0 Å². The first-order chi connectivity index (χ1) is 20.4. The molecule has 228 valence electrons. The molecule has 0 aliphatic heterocycles. The lowest BCUT2D eigenvalue weighted by Gasteiger charge is -2.48. The Balaban J connectivity index is 1.75. The van der Waals surface area contributed by atoms with E-state index in [0.717, 1.165) is 11.1 Å². The predicted molar refractivity (Wildman–Crippen MR) is 161 cm³/mol. The molecular weight excluding hydrogens is 548 g/mol. The topological polar surface area (TPSA) is 113 Å². The average Bonchev–Trinajstić information content (AvgIpc) is 2.98. The summed E-state index contributed by atoms with van der Waals surface area (Å²) in [6.45, 7) is 12.6. The number of benzene rings is 2. The number of carbonyl (C=O) groups is 5. The molecular formula is C35H40O8. The zero-order chi connectivity index (χ0) is 31.6. The summed E-state index contributed by atoms with van der Waals surface area (Å²) in [7, 11) is 0. The molecule has 0 spiro atoms. The lowest BCUT2D eigenvalue weighted by molar-refractivity contribution is -0.176. The molecule has 2 unspecified atom stereocenters. The Morgan fingerprint density at radius 1 is 0.791 bits per heavy atom. The molecule has 1 saturated carbocycles. The number of carbonyl (C=O) groups excluding carboxylic acids is 5. The minimum absolute atomic E-state index is 0.0169. The summed E-state index contributed by atoms with van der Waals surface area (Å²) >= 11 is 0. The standard InChI is InChI=1S/C35H40O8/c1-6-41-33(40)35(22-25(3)32(39)43-20-18-27-15-11-8-12-16-27)30(37)28(29(36)23-34(35,4)5)21-24(2)31(38)42-19-17-26-13-9-7-10-14-26/h7-16,28H,2-3,6,17-23H2,1,4-5H3. The second kappa shape index (κ2) is 14.7. The number of ether oxygens (including phenoxy) is 3. The summed E-state index contributed by atoms with van der Waals surface area (Å²) in [6, 6.07) is 18.9. The van der Waals surface area contributed by atoms with Gasteiger partial charge in [-0.15, -0.1) is 0 Å². The number of Topliss-reactive ketones (excluding diaryl/α,β-unsaturated/α-hetero) is 2. The van der Waals surface area contributed by atoms with Gasteiger partial charge in [0.15, 0.2) is 5.78 Å². The summed E-state index contributed by atoms with van der Waals surface area (Å²) in [5, 5.41) is 0. The molecule has 0 bridgehead atoms. The number of hydrogen-bond donors (Lipinski definition) is 0. The maximum absolute atomic E-state index is 14.2. The molecule has 0 aromatic heterocycles. The van der Waals surface area contributed by atoms with Crippen LogP contribution in [0.1, 0.15) is 51.2 Å². The van der Waals surface area contributed by atoms with E-state index in [1.54, 1.807) is 20.8 Å². The van der Waals surface area contributed by atoms with Gasteiger partial charge in [0.25, 0.3) is 0 Å². The van der Waals surface area contributed by atoms with Gasteiger partial charge in [-0.1, -0.05) is 87.7 Å². The molecule has 2 aromatic rings. The Hall–Kier alpha value is -4.33. The van der Waals surface area contributed by atoms with Crippen molar-refractivity contribution >= 4 is 29.5 Å². The Kier molecular flexibility index (Phi) is 11.4. The SMILES string of the molecule is C=C(CC1C(=O)CC(C)(C)C(CC(=C)C(=O)OCCc2ccccc2)(C(=O)OCC)C1=O)C(=O)OCCc1ccccc1. The van der Waals surface area contributed by atoms with E-state index < -0.39 is 46.2 Å². The first-order valence-electron chi connectivity index (χ1n) is 14.4. The lowest BCUT2D eigenvalue weighted by Crippen LogP contribution is -2.60. The highest BCUT2D eigenvalue weighted by molar-refractivity contribution is 6.17. The third-order valence-corrected chi connectivity index (χ3v) is 7.96. The highest BCUT2D eigenvalue weighted by Gasteiger charge is 2.64. The molecule has 3 rings (SSSR count). The average molecular weight is 589 g/mol. The van der Waals surface area contributed by atoms with Crippen LogP contribution in [-0.2, 0) is 51.0 Å². The first-order valence-corrected chi connectivity index (χ1v) is 14.4. The fourth-order valence-corrected chi connectivity index (χ4v) is 5.46. The van der Waals surface area contributed by atoms with Crippen molar-refractivity contribution in [3.05, 3.63) is 96.1 Å². The third kappa shape index (κ3) is 7.95. The van der Waals surface area contributed by atoms with E-state index in [1.165, 1.54) is 0 Å². The van der Waals surface area contributed by atoms with E-state index in [9.17, 15) is 24.0 Å². The number of rotatable bonds is 14. The molecule has 8 nitrogen and oxygen atoms in total. The highest BCUT2D eigenvalue weighted by atomic mass is 16.5. The van der Waals surface area contributed by atoms with E-state index >= 15 is 0 Å². The van der Waals surface area contributed by atoms with Crippen LogP contribution in [0.25, 0.3) is 0 Å². The lowest BCUT2D eigenvalue weighted by atomic mass is 9.51. The van der Waals surface area contributed by atoms with Crippen molar-refractivity contribution in [2.45, 2.75) is 52.9 Å². The smallest absolute Gasteiger partial charge is 0.333 e. The molecule has 0 heterocycles. The fraction of sp³-hybridized carbons (Fsp3) is 0.400. The summed E-state index contributed by atoms with van der Waals surface area (Å²) in [6.07, 6.45) is 0.111. The molecule has 1 aliphatic rings. The monoisotopic (exact) mass is 588 g/mol. The maximum atomic E-state index is 14.2. The molecule has 0 saturated heterocycles. The van der Waals surface area contributed by atoms with E-state index in [-0.39, 0.29) is 50.2 Å². The van der Waals surface area contributed by atoms with Crippen molar-refractivity contribution in [1.29, 1.82) is 0 Å². The van der Waals surface area contributed by atoms with Crippen LogP contribution in [0.15, 0.2) is 85.0 Å². The van der Waals surface area contributed by atoms with Crippen LogP contribution in [0.2, 0.25) is 0 Å². The van der Waals surface area contributed by atoms with Crippen molar-refractivity contribution in [2.24, 2.45) is 16.7 Å². The molecule has 43 heavy (non-hydrogen) atoms. The Morgan fingerprint density at radius 3 is 1.77 bits per heavy atom. The van der Waals surface area contributed by atoms with Gasteiger partial charge in [0.1, 0.15) is 11.2 Å². The van der Waals surface area contributed by atoms with Crippen molar-refractivity contribution in [1.82, 2.24) is 0 Å². The van der Waals surface area contributed by atoms with Gasteiger partial charge in [0, 0.05) is 36.8 Å². The zero-order valence-electron chi connectivity index (χ0n) is 25.2. The van der Waals surface area contributed by atoms with E-state index in [1.807, 2.05) is 60.7 Å². The minimum atomic E-state index is -1.91. The molecule has 1 fully saturated rings. The summed E-state index contributed by atoms with van der Waals surface area (Å²) in [5.74, 6) is -4.82. The molecule has 0 amide bonds.